The fourth-order valence-electron chi connectivity index (χ4n) is 4.34. The molecule has 5 rings (SSSR count). The Labute approximate surface area is 202 Å². The number of ether oxygens (including phenoxy) is 2. The van der Waals surface area contributed by atoms with Gasteiger partial charge in [-0.05, 0) is 41.8 Å². The number of benzene rings is 1. The zero-order valence-corrected chi connectivity index (χ0v) is 20.8. The number of aromatic nitrogens is 4. The van der Waals surface area contributed by atoms with Gasteiger partial charge in [0.05, 0.1) is 37.9 Å². The van der Waals surface area contributed by atoms with E-state index in [-0.39, 0.29) is 5.92 Å². The number of fused-ring (bicyclic) bond motifs is 1. The van der Waals surface area contributed by atoms with Gasteiger partial charge in [0.25, 0.3) is 5.95 Å². The van der Waals surface area contributed by atoms with Crippen molar-refractivity contribution in [3.05, 3.63) is 46.9 Å². The molecule has 4 heterocycles. The van der Waals surface area contributed by atoms with E-state index in [1.54, 1.807) is 30.2 Å². The summed E-state index contributed by atoms with van der Waals surface area (Å²) in [4.78, 5) is 9.63. The Kier molecular flexibility index (Phi) is 6.00. The molecule has 1 saturated heterocycles. The summed E-state index contributed by atoms with van der Waals surface area (Å²) < 4.78 is 37.8. The normalized spacial score (nSPS) is 15.6. The van der Waals surface area contributed by atoms with E-state index in [1.165, 1.54) is 10.6 Å². The Balaban J connectivity index is 1.53. The Morgan fingerprint density at radius 2 is 1.82 bits per heavy atom. The molecule has 178 valence electrons. The number of sulfonamides is 1. The van der Waals surface area contributed by atoms with Gasteiger partial charge in [0.2, 0.25) is 10.0 Å². The SMILES string of the molecule is COc1cc2nc(-n3cc(C4CCN(S(C)(=O)=O)CC4)cn3)nc(-c3ccsc3)c2cc1OC. The molecule has 1 fully saturated rings. The van der Waals surface area contributed by atoms with Gasteiger partial charge in [0, 0.05) is 41.7 Å². The zero-order chi connectivity index (χ0) is 23.9. The first kappa shape index (κ1) is 22.8. The van der Waals surface area contributed by atoms with E-state index in [0.717, 1.165) is 40.6 Å². The third-order valence-corrected chi connectivity index (χ3v) is 8.17. The van der Waals surface area contributed by atoms with Gasteiger partial charge in [-0.3, -0.25) is 0 Å². The smallest absolute Gasteiger partial charge is 0.251 e. The summed E-state index contributed by atoms with van der Waals surface area (Å²) in [6.45, 7) is 1.04. The van der Waals surface area contributed by atoms with Gasteiger partial charge in [-0.15, -0.1) is 0 Å². The number of methoxy groups -OCH3 is 2. The van der Waals surface area contributed by atoms with Crippen LogP contribution < -0.4 is 9.47 Å². The molecule has 0 N–H and O–H groups in total. The van der Waals surface area contributed by atoms with E-state index < -0.39 is 10.0 Å². The van der Waals surface area contributed by atoms with Crippen molar-refractivity contribution in [1.29, 1.82) is 0 Å². The van der Waals surface area contributed by atoms with Crippen LogP contribution >= 0.6 is 11.3 Å². The highest BCUT2D eigenvalue weighted by Gasteiger charge is 2.27. The largest absolute Gasteiger partial charge is 0.493 e. The van der Waals surface area contributed by atoms with E-state index in [9.17, 15) is 8.42 Å². The van der Waals surface area contributed by atoms with E-state index in [0.29, 0.717) is 30.5 Å². The van der Waals surface area contributed by atoms with Gasteiger partial charge in [0.15, 0.2) is 11.5 Å². The van der Waals surface area contributed by atoms with Crippen LogP contribution in [0.25, 0.3) is 28.1 Å². The number of piperidine rings is 1. The molecule has 0 saturated carbocycles. The summed E-state index contributed by atoms with van der Waals surface area (Å²) in [5.41, 5.74) is 3.57. The van der Waals surface area contributed by atoms with Crippen LogP contribution in [0.3, 0.4) is 0 Å². The van der Waals surface area contributed by atoms with Crippen LogP contribution in [0.1, 0.15) is 24.3 Å². The lowest BCUT2D eigenvalue weighted by atomic mass is 9.93. The zero-order valence-electron chi connectivity index (χ0n) is 19.1. The molecule has 1 aliphatic rings. The Bertz CT molecular complexity index is 1430. The molecular weight excluding hydrogens is 474 g/mol. The van der Waals surface area contributed by atoms with Crippen molar-refractivity contribution in [3.8, 4) is 28.7 Å². The molecule has 0 amide bonds. The number of hydrogen-bond donors (Lipinski definition) is 0. The van der Waals surface area contributed by atoms with E-state index in [4.69, 9.17) is 19.4 Å². The third-order valence-electron chi connectivity index (χ3n) is 6.19. The van der Waals surface area contributed by atoms with E-state index in [2.05, 4.69) is 5.10 Å². The molecule has 0 spiro atoms. The summed E-state index contributed by atoms with van der Waals surface area (Å²) >= 11 is 1.60. The lowest BCUT2D eigenvalue weighted by Gasteiger charge is -2.29. The highest BCUT2D eigenvalue weighted by molar-refractivity contribution is 7.88. The molecule has 4 aromatic rings. The van der Waals surface area contributed by atoms with Gasteiger partial charge in [-0.1, -0.05) is 0 Å². The maximum absolute atomic E-state index is 11.8. The lowest BCUT2D eigenvalue weighted by Crippen LogP contribution is -2.37. The van der Waals surface area contributed by atoms with Crippen molar-refractivity contribution in [3.63, 3.8) is 0 Å². The van der Waals surface area contributed by atoms with E-state index in [1.807, 2.05) is 41.4 Å². The maximum atomic E-state index is 11.8. The van der Waals surface area contributed by atoms with Gasteiger partial charge in [-0.25, -0.2) is 27.4 Å². The number of nitrogens with zero attached hydrogens (tertiary/aromatic N) is 5. The van der Waals surface area contributed by atoms with Crippen LogP contribution in [0.4, 0.5) is 0 Å². The molecule has 1 aliphatic heterocycles. The fraction of sp³-hybridized carbons (Fsp3) is 0.348. The highest BCUT2D eigenvalue weighted by atomic mass is 32.2. The molecule has 0 radical (unpaired) electrons. The van der Waals surface area contributed by atoms with Gasteiger partial charge < -0.3 is 9.47 Å². The third kappa shape index (κ3) is 4.26. The molecule has 0 aliphatic carbocycles. The minimum absolute atomic E-state index is 0.243. The minimum Gasteiger partial charge on any atom is -0.493 e. The predicted octanol–water partition coefficient (Wildman–Crippen LogP) is 3.70. The van der Waals surface area contributed by atoms with Crippen molar-refractivity contribution in [1.82, 2.24) is 24.1 Å². The van der Waals surface area contributed by atoms with Gasteiger partial charge in [-0.2, -0.15) is 16.4 Å². The maximum Gasteiger partial charge on any atom is 0.251 e. The van der Waals surface area contributed by atoms with E-state index >= 15 is 0 Å². The van der Waals surface area contributed by atoms with Crippen LogP contribution in [0.5, 0.6) is 11.5 Å². The monoisotopic (exact) mass is 499 g/mol. The first-order valence-corrected chi connectivity index (χ1v) is 13.6. The fourth-order valence-corrected chi connectivity index (χ4v) is 5.86. The standard InChI is InChI=1S/C23H25N5O4S2/c1-31-20-10-18-19(11-21(20)32-2)25-23(26-22(18)16-6-9-33-14-16)28-13-17(12-24-28)15-4-7-27(8-5-15)34(3,29)30/h6,9-15H,4-5,7-8H2,1-3H3. The second-order valence-corrected chi connectivity index (χ2v) is 11.0. The summed E-state index contributed by atoms with van der Waals surface area (Å²) in [6, 6.07) is 5.77. The van der Waals surface area contributed by atoms with Crippen LogP contribution in [0.15, 0.2) is 41.4 Å². The first-order valence-electron chi connectivity index (χ1n) is 10.8. The van der Waals surface area contributed by atoms with Gasteiger partial charge >= 0.3 is 0 Å². The average Bonchev–Trinajstić information content (AvgIpc) is 3.55. The molecule has 0 atom stereocenters. The van der Waals surface area contributed by atoms with Crippen LogP contribution in [0.2, 0.25) is 0 Å². The molecule has 34 heavy (non-hydrogen) atoms. The molecular formula is C23H25N5O4S2. The Morgan fingerprint density at radius 1 is 1.09 bits per heavy atom. The molecule has 11 heteroatoms. The van der Waals surface area contributed by atoms with Crippen LogP contribution in [-0.2, 0) is 10.0 Å². The summed E-state index contributed by atoms with van der Waals surface area (Å²) in [7, 11) is 0.0506. The topological polar surface area (TPSA) is 99.4 Å². The molecule has 9 nitrogen and oxygen atoms in total. The summed E-state index contributed by atoms with van der Waals surface area (Å²) in [5, 5.41) is 9.46. The molecule has 1 aromatic carbocycles. The van der Waals surface area contributed by atoms with Crippen LogP contribution in [-0.4, -0.2) is 66.0 Å². The molecule has 0 bridgehead atoms. The first-order chi connectivity index (χ1) is 16.4. The predicted molar refractivity (Wildman–Crippen MR) is 131 cm³/mol. The van der Waals surface area contributed by atoms with Crippen molar-refractivity contribution >= 4 is 32.3 Å². The van der Waals surface area contributed by atoms with Crippen molar-refractivity contribution in [2.75, 3.05) is 33.6 Å². The number of hydrogen-bond acceptors (Lipinski definition) is 8. The molecule has 0 unspecified atom stereocenters. The quantitative estimate of drug-likeness (QED) is 0.399. The summed E-state index contributed by atoms with van der Waals surface area (Å²) in [5.74, 6) is 1.91. The van der Waals surface area contributed by atoms with Crippen LogP contribution in [0, 0.1) is 0 Å². The highest BCUT2D eigenvalue weighted by Crippen LogP contribution is 2.37. The average molecular weight is 500 g/mol. The number of thiophene rings is 1. The molecule has 3 aromatic heterocycles. The second kappa shape index (κ2) is 8.97. The Hall–Kier alpha value is -3.02. The lowest BCUT2D eigenvalue weighted by molar-refractivity contribution is 0.321. The Morgan fingerprint density at radius 3 is 2.47 bits per heavy atom. The van der Waals surface area contributed by atoms with Crippen molar-refractivity contribution in [2.24, 2.45) is 0 Å². The van der Waals surface area contributed by atoms with Crippen molar-refractivity contribution in [2.45, 2.75) is 18.8 Å². The minimum atomic E-state index is -3.15. The summed E-state index contributed by atoms with van der Waals surface area (Å²) in [6.07, 6.45) is 6.55. The number of rotatable bonds is 6. The van der Waals surface area contributed by atoms with Crippen molar-refractivity contribution < 1.29 is 17.9 Å². The second-order valence-electron chi connectivity index (χ2n) is 8.26. The van der Waals surface area contributed by atoms with Gasteiger partial charge in [0.1, 0.15) is 0 Å².